The Morgan fingerprint density at radius 1 is 1.43 bits per heavy atom. The number of benzene rings is 1. The van der Waals surface area contributed by atoms with Gasteiger partial charge in [0.2, 0.25) is 5.91 Å². The highest BCUT2D eigenvalue weighted by molar-refractivity contribution is 7.09. The molecule has 3 rings (SSSR count). The molecule has 23 heavy (non-hydrogen) atoms. The van der Waals surface area contributed by atoms with Gasteiger partial charge >= 0.3 is 0 Å². The molecule has 1 aliphatic heterocycles. The molecule has 1 aromatic heterocycles. The average Bonchev–Trinajstić information content (AvgIpc) is 2.99. The molecule has 0 saturated carbocycles. The van der Waals surface area contributed by atoms with Crippen LogP contribution < -0.4 is 0 Å². The number of hydrogen-bond acceptors (Lipinski definition) is 4. The van der Waals surface area contributed by atoms with Crippen LogP contribution in [0.5, 0.6) is 0 Å². The summed E-state index contributed by atoms with van der Waals surface area (Å²) in [6, 6.07) is 6.21. The lowest BCUT2D eigenvalue weighted by molar-refractivity contribution is -0.133. The number of nitrogens with zero attached hydrogens (tertiary/aromatic N) is 2. The van der Waals surface area contributed by atoms with Crippen LogP contribution >= 0.6 is 11.3 Å². The summed E-state index contributed by atoms with van der Waals surface area (Å²) < 4.78 is 18.7. The number of hydrogen-bond donors (Lipinski definition) is 0. The van der Waals surface area contributed by atoms with Gasteiger partial charge in [-0.1, -0.05) is 12.1 Å². The van der Waals surface area contributed by atoms with E-state index < -0.39 is 0 Å². The number of ether oxygens (including phenoxy) is 1. The summed E-state index contributed by atoms with van der Waals surface area (Å²) in [5, 5.41) is 2.89. The van der Waals surface area contributed by atoms with Crippen molar-refractivity contribution in [3.8, 4) is 0 Å². The summed E-state index contributed by atoms with van der Waals surface area (Å²) >= 11 is 1.55. The predicted molar refractivity (Wildman–Crippen MR) is 87.6 cm³/mol. The highest BCUT2D eigenvalue weighted by atomic mass is 32.1. The Kier molecular flexibility index (Phi) is 4.83. The fourth-order valence-corrected chi connectivity index (χ4v) is 3.03. The minimum Gasteiger partial charge on any atom is -0.370 e. The number of aromatic nitrogens is 1. The Balaban J connectivity index is 1.64. The van der Waals surface area contributed by atoms with Crippen LogP contribution in [0.3, 0.4) is 0 Å². The van der Waals surface area contributed by atoms with Crippen molar-refractivity contribution >= 4 is 23.3 Å². The summed E-state index contributed by atoms with van der Waals surface area (Å²) in [5.74, 6) is -0.343. The van der Waals surface area contributed by atoms with Crippen molar-refractivity contribution in [3.63, 3.8) is 0 Å². The van der Waals surface area contributed by atoms with E-state index in [1.165, 1.54) is 12.1 Å². The Labute approximate surface area is 138 Å². The number of carbonyl (C=O) groups is 1. The summed E-state index contributed by atoms with van der Waals surface area (Å²) in [4.78, 5) is 18.4. The average molecular weight is 332 g/mol. The van der Waals surface area contributed by atoms with E-state index in [1.807, 2.05) is 12.3 Å². The van der Waals surface area contributed by atoms with Gasteiger partial charge in [-0.3, -0.25) is 4.79 Å². The number of halogens is 1. The molecule has 1 aliphatic rings. The van der Waals surface area contributed by atoms with E-state index in [2.05, 4.69) is 4.98 Å². The second-order valence-electron chi connectivity index (χ2n) is 5.32. The number of carbonyl (C=O) groups excluding carboxylic acids is 1. The third-order valence-corrected chi connectivity index (χ3v) is 4.45. The van der Waals surface area contributed by atoms with Gasteiger partial charge in [0, 0.05) is 18.0 Å². The van der Waals surface area contributed by atoms with Gasteiger partial charge < -0.3 is 9.64 Å². The molecule has 1 unspecified atom stereocenters. The van der Waals surface area contributed by atoms with Gasteiger partial charge in [0.15, 0.2) is 0 Å². The molecule has 0 aliphatic carbocycles. The maximum absolute atomic E-state index is 13.0. The molecule has 4 nitrogen and oxygen atoms in total. The first-order valence-electron chi connectivity index (χ1n) is 7.38. The molecule has 1 atom stereocenters. The molecule has 0 spiro atoms. The van der Waals surface area contributed by atoms with Gasteiger partial charge in [-0.15, -0.1) is 11.3 Å². The molecule has 2 aromatic rings. The molecule has 1 fully saturated rings. The summed E-state index contributed by atoms with van der Waals surface area (Å²) in [6.07, 6.45) is 3.05. The van der Waals surface area contributed by atoms with E-state index in [0.717, 1.165) is 16.3 Å². The Morgan fingerprint density at radius 2 is 2.22 bits per heavy atom. The molecule has 1 amide bonds. The van der Waals surface area contributed by atoms with Crippen LogP contribution in [0.2, 0.25) is 0 Å². The van der Waals surface area contributed by atoms with Gasteiger partial charge in [0.1, 0.15) is 11.9 Å². The maximum atomic E-state index is 13.0. The first kappa shape index (κ1) is 15.8. The smallest absolute Gasteiger partial charge is 0.246 e. The van der Waals surface area contributed by atoms with Gasteiger partial charge in [-0.2, -0.15) is 0 Å². The van der Waals surface area contributed by atoms with E-state index in [1.54, 1.807) is 40.5 Å². The Bertz CT molecular complexity index is 712. The lowest BCUT2D eigenvalue weighted by Crippen LogP contribution is -2.41. The lowest BCUT2D eigenvalue weighted by atomic mass is 10.1. The molecule has 1 aromatic carbocycles. The molecular formula is C17H17FN2O2S. The van der Waals surface area contributed by atoms with Crippen LogP contribution in [0.25, 0.3) is 6.08 Å². The fourth-order valence-electron chi connectivity index (χ4n) is 2.45. The van der Waals surface area contributed by atoms with Crippen molar-refractivity contribution in [2.45, 2.75) is 13.0 Å². The minimum atomic E-state index is -0.279. The Morgan fingerprint density at radius 3 is 2.91 bits per heavy atom. The summed E-state index contributed by atoms with van der Waals surface area (Å²) in [6.45, 7) is 3.42. The zero-order valence-corrected chi connectivity index (χ0v) is 13.6. The summed E-state index contributed by atoms with van der Waals surface area (Å²) in [5.41, 5.74) is 1.67. The second-order valence-corrected chi connectivity index (χ2v) is 6.38. The monoisotopic (exact) mass is 332 g/mol. The van der Waals surface area contributed by atoms with Crippen molar-refractivity contribution in [2.24, 2.45) is 0 Å². The van der Waals surface area contributed by atoms with Gasteiger partial charge in [-0.25, -0.2) is 9.37 Å². The van der Waals surface area contributed by atoms with E-state index in [0.29, 0.717) is 19.7 Å². The quantitative estimate of drug-likeness (QED) is 0.811. The van der Waals surface area contributed by atoms with Crippen molar-refractivity contribution in [2.75, 3.05) is 19.7 Å². The number of morpholine rings is 1. The molecule has 2 heterocycles. The summed E-state index contributed by atoms with van der Waals surface area (Å²) in [7, 11) is 0. The topological polar surface area (TPSA) is 42.4 Å². The number of thiazole rings is 1. The molecule has 6 heteroatoms. The molecular weight excluding hydrogens is 315 g/mol. The van der Waals surface area contributed by atoms with Gasteiger partial charge in [0.05, 0.1) is 23.9 Å². The zero-order valence-electron chi connectivity index (χ0n) is 12.7. The van der Waals surface area contributed by atoms with Crippen LogP contribution in [0.15, 0.2) is 35.7 Å². The van der Waals surface area contributed by atoms with E-state index in [9.17, 15) is 9.18 Å². The number of aryl methyl sites for hydroxylation is 1. The first-order valence-corrected chi connectivity index (χ1v) is 8.26. The number of amides is 1. The third kappa shape index (κ3) is 4.03. The van der Waals surface area contributed by atoms with Crippen molar-refractivity contribution in [1.82, 2.24) is 9.88 Å². The van der Waals surface area contributed by atoms with Gasteiger partial charge in [-0.05, 0) is 30.7 Å². The lowest BCUT2D eigenvalue weighted by Gasteiger charge is -2.32. The van der Waals surface area contributed by atoms with Crippen LogP contribution in [0.4, 0.5) is 4.39 Å². The Hall–Kier alpha value is -2.05. The van der Waals surface area contributed by atoms with Crippen LogP contribution in [-0.4, -0.2) is 35.5 Å². The van der Waals surface area contributed by atoms with E-state index in [4.69, 9.17) is 4.74 Å². The second kappa shape index (κ2) is 7.02. The molecule has 0 N–H and O–H groups in total. The van der Waals surface area contributed by atoms with E-state index >= 15 is 0 Å². The first-order chi connectivity index (χ1) is 11.1. The van der Waals surface area contributed by atoms with Crippen LogP contribution in [0.1, 0.15) is 22.4 Å². The third-order valence-electron chi connectivity index (χ3n) is 3.65. The van der Waals surface area contributed by atoms with Crippen LogP contribution in [0, 0.1) is 12.7 Å². The highest BCUT2D eigenvalue weighted by Crippen LogP contribution is 2.22. The predicted octanol–water partition coefficient (Wildman–Crippen LogP) is 3.20. The SMILES string of the molecule is Cc1nc(/C=C/C(=O)N2CCOC(c3ccc(F)cc3)C2)cs1. The molecule has 0 radical (unpaired) electrons. The molecule has 1 saturated heterocycles. The van der Waals surface area contributed by atoms with Gasteiger partial charge in [0.25, 0.3) is 0 Å². The molecule has 120 valence electrons. The minimum absolute atomic E-state index is 0.0638. The van der Waals surface area contributed by atoms with Crippen molar-refractivity contribution in [3.05, 3.63) is 57.8 Å². The van der Waals surface area contributed by atoms with E-state index in [-0.39, 0.29) is 17.8 Å². The zero-order chi connectivity index (χ0) is 16.2. The fraction of sp³-hybridized carbons (Fsp3) is 0.294. The number of rotatable bonds is 3. The molecule has 0 bridgehead atoms. The highest BCUT2D eigenvalue weighted by Gasteiger charge is 2.24. The van der Waals surface area contributed by atoms with Crippen molar-refractivity contribution in [1.29, 1.82) is 0 Å². The maximum Gasteiger partial charge on any atom is 0.246 e. The van der Waals surface area contributed by atoms with Crippen molar-refractivity contribution < 1.29 is 13.9 Å². The normalized spacial score (nSPS) is 18.5. The largest absolute Gasteiger partial charge is 0.370 e. The van der Waals surface area contributed by atoms with Crippen LogP contribution in [-0.2, 0) is 9.53 Å². The standard InChI is InChI=1S/C17H17FN2O2S/c1-12-19-15(11-23-12)6-7-17(21)20-8-9-22-16(10-20)13-2-4-14(18)5-3-13/h2-7,11,16H,8-10H2,1H3/b7-6+.